The summed E-state index contributed by atoms with van der Waals surface area (Å²) in [6.07, 6.45) is 0.891. The summed E-state index contributed by atoms with van der Waals surface area (Å²) >= 11 is 0. The molecule has 1 fully saturated rings. The Morgan fingerprint density at radius 3 is 2.04 bits per heavy atom. The topological polar surface area (TPSA) is 336 Å². The molecule has 1 heterocycles. The third-order valence-corrected chi connectivity index (χ3v) is 8.14. The van der Waals surface area contributed by atoms with Crippen molar-refractivity contribution in [2.45, 2.75) is 115 Å². The van der Waals surface area contributed by atoms with Gasteiger partial charge in [0.05, 0.1) is 12.6 Å². The van der Waals surface area contributed by atoms with E-state index in [1.54, 1.807) is 13.8 Å². The molecule has 0 spiro atoms. The molecule has 0 aromatic heterocycles. The Morgan fingerprint density at radius 1 is 0.804 bits per heavy atom. The number of carbonyl (C=O) groups excluding carboxylic acids is 7. The van der Waals surface area contributed by atoms with Gasteiger partial charge in [-0.15, -0.1) is 0 Å². The Morgan fingerprint density at radius 2 is 1.47 bits per heavy atom. The number of likely N-dealkylation sites (tertiary alicyclic amines) is 1. The Labute approximate surface area is 295 Å². The van der Waals surface area contributed by atoms with Crippen molar-refractivity contribution in [1.82, 2.24) is 31.5 Å². The minimum atomic E-state index is -1.37. The zero-order chi connectivity index (χ0) is 38.8. The van der Waals surface area contributed by atoms with E-state index >= 15 is 0 Å². The summed E-state index contributed by atoms with van der Waals surface area (Å²) in [5, 5.41) is 30.4. The number of carboxylic acids is 2. The van der Waals surface area contributed by atoms with Crippen LogP contribution < -0.4 is 43.8 Å². The van der Waals surface area contributed by atoms with Gasteiger partial charge in [-0.05, 0) is 64.3 Å². The fourth-order valence-electron chi connectivity index (χ4n) is 5.21. The van der Waals surface area contributed by atoms with E-state index in [0.29, 0.717) is 32.2 Å². The van der Waals surface area contributed by atoms with E-state index in [4.69, 9.17) is 22.3 Å². The summed E-state index contributed by atoms with van der Waals surface area (Å²) < 4.78 is 0. The summed E-state index contributed by atoms with van der Waals surface area (Å²) in [5.41, 5.74) is 16.5. The van der Waals surface area contributed by atoms with Crippen LogP contribution in [-0.4, -0.2) is 124 Å². The van der Waals surface area contributed by atoms with Gasteiger partial charge in [-0.3, -0.25) is 38.4 Å². The van der Waals surface area contributed by atoms with E-state index in [-0.39, 0.29) is 38.6 Å². The predicted molar refractivity (Wildman–Crippen MR) is 180 cm³/mol. The van der Waals surface area contributed by atoms with Crippen LogP contribution in [0.1, 0.15) is 78.6 Å². The van der Waals surface area contributed by atoms with Crippen LogP contribution in [0.3, 0.4) is 0 Å². The Kier molecular flexibility index (Phi) is 19.1. The first kappa shape index (κ1) is 44.2. The molecule has 20 heteroatoms. The lowest BCUT2D eigenvalue weighted by Gasteiger charge is -2.29. The van der Waals surface area contributed by atoms with E-state index in [2.05, 4.69) is 26.6 Å². The average Bonchev–Trinajstić information content (AvgIpc) is 3.55. The van der Waals surface area contributed by atoms with Crippen LogP contribution in [0, 0.1) is 5.92 Å². The number of nitrogens with two attached hydrogens (primary N) is 3. The molecule has 13 N–H and O–H groups in total. The number of rotatable bonds is 23. The minimum Gasteiger partial charge on any atom is -0.481 e. The van der Waals surface area contributed by atoms with Crippen molar-refractivity contribution in [3.05, 3.63) is 0 Å². The normalized spacial score (nSPS) is 16.9. The van der Waals surface area contributed by atoms with Crippen LogP contribution in [0.2, 0.25) is 0 Å². The Bertz CT molecular complexity index is 1280. The quantitative estimate of drug-likeness (QED) is 0.0455. The van der Waals surface area contributed by atoms with Gasteiger partial charge in [0.15, 0.2) is 0 Å². The highest BCUT2D eigenvalue weighted by atomic mass is 16.4. The number of hydrogen-bond acceptors (Lipinski definition) is 11. The number of carboxylic acid groups (broad SMARTS) is 2. The standard InChI is InChI=1S/C31H53N9O11/c1-16(2)25(39-28(47)21-8-6-14-40(21)30(49)18(33)9-12-24(43)44)29(48)35-15-23(42)37-19(10-11-22(34)41)27(46)36-17(3)26(45)38-20(31(50)51)7-4-5-13-32/h16-21,25H,4-15,32-33H2,1-3H3,(H2,34,41)(H,35,48)(H,36,46)(H,37,42)(H,38,45)(H,39,47)(H,43,44)(H,50,51)/t17-,18-,19-,20-,21-,25-/m0/s1. The number of nitrogens with zero attached hydrogens (tertiary/aromatic N) is 1. The van der Waals surface area contributed by atoms with Crippen molar-refractivity contribution in [3.8, 4) is 0 Å². The molecule has 1 aliphatic rings. The second-order valence-corrected chi connectivity index (χ2v) is 12.7. The number of nitrogens with one attached hydrogen (secondary N) is 5. The molecule has 7 amide bonds. The molecule has 288 valence electrons. The van der Waals surface area contributed by atoms with Gasteiger partial charge >= 0.3 is 11.9 Å². The molecule has 0 bridgehead atoms. The molecular weight excluding hydrogens is 674 g/mol. The first-order valence-corrected chi connectivity index (χ1v) is 16.9. The molecule has 1 aliphatic heterocycles. The zero-order valence-electron chi connectivity index (χ0n) is 29.3. The first-order valence-electron chi connectivity index (χ1n) is 16.9. The summed E-state index contributed by atoms with van der Waals surface area (Å²) in [5.74, 6) is -8.11. The van der Waals surface area contributed by atoms with Crippen molar-refractivity contribution in [2.75, 3.05) is 19.6 Å². The maximum atomic E-state index is 13.2. The molecule has 6 atom stereocenters. The molecule has 1 rings (SSSR count). The summed E-state index contributed by atoms with van der Waals surface area (Å²) in [6.45, 7) is 4.51. The largest absolute Gasteiger partial charge is 0.481 e. The molecule has 0 saturated carbocycles. The van der Waals surface area contributed by atoms with Crippen LogP contribution >= 0.6 is 0 Å². The van der Waals surface area contributed by atoms with Crippen LogP contribution in [0.4, 0.5) is 0 Å². The van der Waals surface area contributed by atoms with Gasteiger partial charge in [0.1, 0.15) is 30.2 Å². The van der Waals surface area contributed by atoms with Gasteiger partial charge in [0.25, 0.3) is 0 Å². The molecule has 0 aliphatic carbocycles. The van der Waals surface area contributed by atoms with Crippen LogP contribution in [-0.2, 0) is 43.2 Å². The second-order valence-electron chi connectivity index (χ2n) is 12.7. The molecule has 0 aromatic carbocycles. The lowest BCUT2D eigenvalue weighted by atomic mass is 10.0. The van der Waals surface area contributed by atoms with E-state index in [9.17, 15) is 48.3 Å². The van der Waals surface area contributed by atoms with Crippen LogP contribution in [0.5, 0.6) is 0 Å². The third kappa shape index (κ3) is 15.7. The van der Waals surface area contributed by atoms with Crippen molar-refractivity contribution in [3.63, 3.8) is 0 Å². The molecule has 51 heavy (non-hydrogen) atoms. The van der Waals surface area contributed by atoms with Crippen molar-refractivity contribution < 1.29 is 53.4 Å². The lowest BCUT2D eigenvalue weighted by Crippen LogP contribution is -2.58. The van der Waals surface area contributed by atoms with Gasteiger partial charge < -0.3 is 58.9 Å². The van der Waals surface area contributed by atoms with Gasteiger partial charge in [0.2, 0.25) is 41.4 Å². The maximum Gasteiger partial charge on any atom is 0.326 e. The molecule has 20 nitrogen and oxygen atoms in total. The van der Waals surface area contributed by atoms with Gasteiger partial charge in [-0.1, -0.05) is 13.8 Å². The maximum absolute atomic E-state index is 13.2. The smallest absolute Gasteiger partial charge is 0.326 e. The number of aliphatic carboxylic acids is 2. The van der Waals surface area contributed by atoms with Gasteiger partial charge in [-0.2, -0.15) is 0 Å². The summed E-state index contributed by atoms with van der Waals surface area (Å²) in [7, 11) is 0. The van der Waals surface area contributed by atoms with E-state index < -0.39 is 102 Å². The summed E-state index contributed by atoms with van der Waals surface area (Å²) in [4.78, 5) is 113. The van der Waals surface area contributed by atoms with Crippen molar-refractivity contribution in [2.24, 2.45) is 23.1 Å². The predicted octanol–water partition coefficient (Wildman–Crippen LogP) is -3.62. The number of amides is 7. The highest BCUT2D eigenvalue weighted by Gasteiger charge is 2.38. The average molecular weight is 728 g/mol. The fourth-order valence-corrected chi connectivity index (χ4v) is 5.21. The van der Waals surface area contributed by atoms with E-state index in [1.807, 2.05) is 0 Å². The van der Waals surface area contributed by atoms with Crippen molar-refractivity contribution in [1.29, 1.82) is 0 Å². The Balaban J connectivity index is 2.85. The highest BCUT2D eigenvalue weighted by Crippen LogP contribution is 2.20. The molecule has 0 aromatic rings. The van der Waals surface area contributed by atoms with E-state index in [1.165, 1.54) is 11.8 Å². The number of unbranched alkanes of at least 4 members (excludes halogenated alkanes) is 1. The fraction of sp³-hybridized carbons (Fsp3) is 0.710. The van der Waals surface area contributed by atoms with Gasteiger partial charge in [-0.25, -0.2) is 4.79 Å². The lowest BCUT2D eigenvalue weighted by molar-refractivity contribution is -0.142. The third-order valence-electron chi connectivity index (χ3n) is 8.14. The SMILES string of the molecule is CC(C)[C@H](NC(=O)[C@@H]1CCCN1C(=O)[C@@H](N)CCC(=O)O)C(=O)NCC(=O)N[C@@H](CCC(N)=O)C(=O)N[C@@H](C)C(=O)N[C@@H](CCCCN)C(=O)O. The molecule has 0 unspecified atom stereocenters. The Hall–Kier alpha value is -4.85. The molecule has 0 radical (unpaired) electrons. The van der Waals surface area contributed by atoms with Crippen LogP contribution in [0.15, 0.2) is 0 Å². The van der Waals surface area contributed by atoms with Gasteiger partial charge in [0, 0.05) is 19.4 Å². The number of hydrogen-bond donors (Lipinski definition) is 10. The summed E-state index contributed by atoms with van der Waals surface area (Å²) in [6, 6.07) is -7.01. The van der Waals surface area contributed by atoms with E-state index in [0.717, 1.165) is 0 Å². The minimum absolute atomic E-state index is 0.110. The monoisotopic (exact) mass is 727 g/mol. The molecular formula is C31H53N9O11. The molecule has 1 saturated heterocycles. The first-order chi connectivity index (χ1) is 23.9. The number of carbonyl (C=O) groups is 9. The van der Waals surface area contributed by atoms with Crippen molar-refractivity contribution >= 4 is 53.3 Å². The second kappa shape index (κ2) is 22.1. The number of primary amides is 1. The van der Waals surface area contributed by atoms with Crippen LogP contribution in [0.25, 0.3) is 0 Å². The highest BCUT2D eigenvalue weighted by molar-refractivity contribution is 5.96. The zero-order valence-corrected chi connectivity index (χ0v) is 29.3.